The van der Waals surface area contributed by atoms with Gasteiger partial charge in [-0.15, -0.1) is 22.7 Å². The lowest BCUT2D eigenvalue weighted by Gasteiger charge is -2.27. The molecule has 0 fully saturated rings. The zero-order valence-electron chi connectivity index (χ0n) is 12.3. The maximum Gasteiger partial charge on any atom is 0.0767 e. The molecule has 2 nitrogen and oxygen atoms in total. The van der Waals surface area contributed by atoms with Gasteiger partial charge in [-0.05, 0) is 35.7 Å². The van der Waals surface area contributed by atoms with Crippen molar-refractivity contribution in [1.82, 2.24) is 5.32 Å². The van der Waals surface area contributed by atoms with Gasteiger partial charge in [-0.3, -0.25) is 5.32 Å². The standard InChI is InChI=1S/C16H23NOS2/c1-4-18-11-13(12(2)3)17-16(14-7-5-9-19-14)15-8-6-10-20-15/h5-10,12-13,16-17H,4,11H2,1-3H3. The maximum absolute atomic E-state index is 5.64. The third kappa shape index (κ3) is 4.16. The third-order valence-electron chi connectivity index (χ3n) is 3.34. The van der Waals surface area contributed by atoms with E-state index in [1.54, 1.807) is 0 Å². The molecular formula is C16H23NOS2. The first-order valence-corrected chi connectivity index (χ1v) is 8.89. The molecule has 1 N–H and O–H groups in total. The number of nitrogens with one attached hydrogen (secondary N) is 1. The van der Waals surface area contributed by atoms with Crippen LogP contribution >= 0.6 is 22.7 Å². The average Bonchev–Trinajstić information content (AvgIpc) is 3.12. The van der Waals surface area contributed by atoms with Gasteiger partial charge in [0.25, 0.3) is 0 Å². The Balaban J connectivity index is 2.14. The molecule has 0 aliphatic heterocycles. The van der Waals surface area contributed by atoms with E-state index in [2.05, 4.69) is 54.2 Å². The van der Waals surface area contributed by atoms with Crippen molar-refractivity contribution in [2.75, 3.05) is 13.2 Å². The Bertz CT molecular complexity index is 430. The lowest BCUT2D eigenvalue weighted by atomic mass is 10.0. The summed E-state index contributed by atoms with van der Waals surface area (Å²) in [5, 5.41) is 8.08. The molecule has 0 aliphatic carbocycles. The van der Waals surface area contributed by atoms with E-state index < -0.39 is 0 Å². The molecule has 2 heterocycles. The van der Waals surface area contributed by atoms with Crippen LogP contribution in [0.4, 0.5) is 0 Å². The van der Waals surface area contributed by atoms with E-state index in [9.17, 15) is 0 Å². The van der Waals surface area contributed by atoms with Crippen molar-refractivity contribution in [2.24, 2.45) is 5.92 Å². The van der Waals surface area contributed by atoms with Gasteiger partial charge in [-0.25, -0.2) is 0 Å². The van der Waals surface area contributed by atoms with Crippen LogP contribution in [0.2, 0.25) is 0 Å². The SMILES string of the molecule is CCOCC(NC(c1cccs1)c1cccs1)C(C)C. The lowest BCUT2D eigenvalue weighted by Crippen LogP contribution is -2.40. The quantitative estimate of drug-likeness (QED) is 0.772. The molecule has 0 aliphatic rings. The molecule has 0 aromatic carbocycles. The molecule has 110 valence electrons. The fourth-order valence-corrected chi connectivity index (χ4v) is 3.79. The number of rotatable bonds is 8. The minimum absolute atomic E-state index is 0.280. The fourth-order valence-electron chi connectivity index (χ4n) is 2.11. The normalized spacial score (nSPS) is 13.2. The van der Waals surface area contributed by atoms with Crippen molar-refractivity contribution in [3.63, 3.8) is 0 Å². The van der Waals surface area contributed by atoms with Crippen LogP contribution in [-0.4, -0.2) is 19.3 Å². The third-order valence-corrected chi connectivity index (χ3v) is 5.22. The molecule has 0 bridgehead atoms. The van der Waals surface area contributed by atoms with Gasteiger partial charge in [0, 0.05) is 22.4 Å². The molecule has 0 amide bonds. The van der Waals surface area contributed by atoms with Gasteiger partial charge in [-0.2, -0.15) is 0 Å². The summed E-state index contributed by atoms with van der Waals surface area (Å²) in [6.07, 6.45) is 0. The van der Waals surface area contributed by atoms with Gasteiger partial charge >= 0.3 is 0 Å². The molecule has 0 spiro atoms. The number of hydrogen-bond donors (Lipinski definition) is 1. The summed E-state index contributed by atoms with van der Waals surface area (Å²) in [6, 6.07) is 9.30. The monoisotopic (exact) mass is 309 g/mol. The van der Waals surface area contributed by atoms with Gasteiger partial charge in [0.2, 0.25) is 0 Å². The minimum Gasteiger partial charge on any atom is -0.380 e. The van der Waals surface area contributed by atoms with E-state index in [1.807, 2.05) is 29.6 Å². The van der Waals surface area contributed by atoms with E-state index in [0.29, 0.717) is 12.0 Å². The topological polar surface area (TPSA) is 21.3 Å². The highest BCUT2D eigenvalue weighted by atomic mass is 32.1. The highest BCUT2D eigenvalue weighted by Gasteiger charge is 2.22. The Hall–Kier alpha value is -0.680. The summed E-state index contributed by atoms with van der Waals surface area (Å²) < 4.78 is 5.64. The van der Waals surface area contributed by atoms with E-state index in [0.717, 1.165) is 13.2 Å². The molecule has 20 heavy (non-hydrogen) atoms. The Labute approximate surface area is 129 Å². The van der Waals surface area contributed by atoms with Crippen molar-refractivity contribution < 1.29 is 4.74 Å². The summed E-state index contributed by atoms with van der Waals surface area (Å²) >= 11 is 3.62. The Morgan fingerprint density at radius 3 is 2.10 bits per heavy atom. The minimum atomic E-state index is 0.280. The maximum atomic E-state index is 5.64. The summed E-state index contributed by atoms with van der Waals surface area (Å²) in [5.74, 6) is 0.545. The zero-order valence-corrected chi connectivity index (χ0v) is 14.0. The van der Waals surface area contributed by atoms with Crippen LogP contribution in [0.25, 0.3) is 0 Å². The first kappa shape index (κ1) is 15.7. The summed E-state index contributed by atoms with van der Waals surface area (Å²) in [4.78, 5) is 2.74. The first-order valence-electron chi connectivity index (χ1n) is 7.13. The van der Waals surface area contributed by atoms with Gasteiger partial charge in [0.15, 0.2) is 0 Å². The predicted octanol–water partition coefficient (Wildman–Crippen LogP) is 4.55. The van der Waals surface area contributed by atoms with Gasteiger partial charge < -0.3 is 4.74 Å². The van der Waals surface area contributed by atoms with Crippen molar-refractivity contribution >= 4 is 22.7 Å². The second-order valence-electron chi connectivity index (χ2n) is 5.14. The number of ether oxygens (including phenoxy) is 1. The fraction of sp³-hybridized carbons (Fsp3) is 0.500. The van der Waals surface area contributed by atoms with E-state index >= 15 is 0 Å². The predicted molar refractivity (Wildman–Crippen MR) is 88.7 cm³/mol. The molecule has 1 atom stereocenters. The summed E-state index contributed by atoms with van der Waals surface area (Å²) in [5.41, 5.74) is 0. The highest BCUT2D eigenvalue weighted by Crippen LogP contribution is 2.30. The van der Waals surface area contributed by atoms with Crippen molar-refractivity contribution in [1.29, 1.82) is 0 Å². The number of hydrogen-bond acceptors (Lipinski definition) is 4. The Morgan fingerprint density at radius 1 is 1.10 bits per heavy atom. The van der Waals surface area contributed by atoms with Crippen LogP contribution in [0.15, 0.2) is 35.0 Å². The van der Waals surface area contributed by atoms with Crippen LogP contribution in [0.5, 0.6) is 0 Å². The van der Waals surface area contributed by atoms with Gasteiger partial charge in [0.1, 0.15) is 0 Å². The molecule has 0 saturated carbocycles. The second kappa shape index (κ2) is 7.93. The molecule has 1 unspecified atom stereocenters. The zero-order chi connectivity index (χ0) is 14.4. The molecule has 0 saturated heterocycles. The van der Waals surface area contributed by atoms with Crippen LogP contribution in [0, 0.1) is 5.92 Å². The van der Waals surface area contributed by atoms with Crippen molar-refractivity contribution in [3.05, 3.63) is 44.8 Å². The van der Waals surface area contributed by atoms with Crippen LogP contribution in [0.1, 0.15) is 36.6 Å². The van der Waals surface area contributed by atoms with Crippen LogP contribution in [0.3, 0.4) is 0 Å². The molecule has 0 radical (unpaired) electrons. The first-order chi connectivity index (χ1) is 9.72. The summed E-state index contributed by atoms with van der Waals surface area (Å²) in [6.45, 7) is 8.08. The van der Waals surface area contributed by atoms with Crippen molar-refractivity contribution in [2.45, 2.75) is 32.9 Å². The Kier molecular flexibility index (Phi) is 6.23. The largest absolute Gasteiger partial charge is 0.380 e. The molecule has 2 aromatic rings. The molecule has 2 aromatic heterocycles. The smallest absolute Gasteiger partial charge is 0.0767 e. The van der Waals surface area contributed by atoms with Gasteiger partial charge in [0.05, 0.1) is 12.6 Å². The highest BCUT2D eigenvalue weighted by molar-refractivity contribution is 7.11. The second-order valence-corrected chi connectivity index (χ2v) is 7.10. The Morgan fingerprint density at radius 2 is 1.70 bits per heavy atom. The van der Waals surface area contributed by atoms with E-state index in [4.69, 9.17) is 4.74 Å². The van der Waals surface area contributed by atoms with Crippen LogP contribution in [-0.2, 0) is 4.74 Å². The van der Waals surface area contributed by atoms with Crippen molar-refractivity contribution in [3.8, 4) is 0 Å². The van der Waals surface area contributed by atoms with E-state index in [1.165, 1.54) is 9.75 Å². The van der Waals surface area contributed by atoms with E-state index in [-0.39, 0.29) is 6.04 Å². The average molecular weight is 310 g/mol. The number of thiophene rings is 2. The van der Waals surface area contributed by atoms with Crippen LogP contribution < -0.4 is 5.32 Å². The lowest BCUT2D eigenvalue weighted by molar-refractivity contribution is 0.105. The summed E-state index contributed by atoms with van der Waals surface area (Å²) in [7, 11) is 0. The molecule has 4 heteroatoms. The van der Waals surface area contributed by atoms with Gasteiger partial charge in [-0.1, -0.05) is 26.0 Å². The molecular weight excluding hydrogens is 286 g/mol. The molecule has 2 rings (SSSR count).